The van der Waals surface area contributed by atoms with Gasteiger partial charge in [-0.1, -0.05) is 0 Å². The van der Waals surface area contributed by atoms with Gasteiger partial charge >= 0.3 is 6.09 Å². The second kappa shape index (κ2) is 6.27. The predicted molar refractivity (Wildman–Crippen MR) is 102 cm³/mol. The van der Waals surface area contributed by atoms with E-state index in [1.807, 2.05) is 37.8 Å². The molecule has 2 N–H and O–H groups in total. The van der Waals surface area contributed by atoms with Gasteiger partial charge in [0.2, 0.25) is 0 Å². The molecule has 1 saturated carbocycles. The molecule has 1 spiro atoms. The largest absolute Gasteiger partial charge is 0.495 e. The number of hydrogen-bond donors (Lipinski definition) is 1. The highest BCUT2D eigenvalue weighted by molar-refractivity contribution is 9.10. The lowest BCUT2D eigenvalue weighted by Gasteiger charge is -2.43. The van der Waals surface area contributed by atoms with Crippen LogP contribution in [0.3, 0.4) is 0 Å². The second-order valence-electron chi connectivity index (χ2n) is 7.82. The van der Waals surface area contributed by atoms with Crippen molar-refractivity contribution in [2.24, 2.45) is 0 Å². The Kier molecular flexibility index (Phi) is 4.56. The van der Waals surface area contributed by atoms with E-state index in [-0.39, 0.29) is 11.6 Å². The van der Waals surface area contributed by atoms with Crippen LogP contribution in [0.25, 0.3) is 0 Å². The molecule has 0 bridgehead atoms. The minimum atomic E-state index is -0.477. The molecule has 3 rings (SSSR count). The van der Waals surface area contributed by atoms with Crippen LogP contribution in [-0.2, 0) is 4.74 Å². The first-order valence-corrected chi connectivity index (χ1v) is 9.33. The number of anilines is 2. The lowest BCUT2D eigenvalue weighted by Crippen LogP contribution is -2.58. The fraction of sp³-hybridized carbons (Fsp3) is 0.611. The predicted octanol–water partition coefficient (Wildman–Crippen LogP) is 3.63. The van der Waals surface area contributed by atoms with Crippen molar-refractivity contribution in [3.8, 4) is 5.75 Å². The number of nitrogen functional groups attached to an aromatic ring is 1. The smallest absolute Gasteiger partial charge is 0.410 e. The summed E-state index contributed by atoms with van der Waals surface area (Å²) in [6, 6.07) is 3.83. The van der Waals surface area contributed by atoms with E-state index in [2.05, 4.69) is 20.8 Å². The fourth-order valence-electron chi connectivity index (χ4n) is 3.33. The zero-order valence-corrected chi connectivity index (χ0v) is 16.9. The Hall–Kier alpha value is -1.63. The molecule has 1 aliphatic carbocycles. The molecule has 25 heavy (non-hydrogen) atoms. The Labute approximate surface area is 157 Å². The molecule has 1 aromatic rings. The van der Waals surface area contributed by atoms with Crippen molar-refractivity contribution in [2.75, 3.05) is 37.4 Å². The number of rotatable bonds is 2. The van der Waals surface area contributed by atoms with Crippen molar-refractivity contribution in [3.63, 3.8) is 0 Å². The van der Waals surface area contributed by atoms with Gasteiger partial charge in [-0.05, 0) is 55.6 Å². The van der Waals surface area contributed by atoms with Crippen molar-refractivity contribution in [2.45, 2.75) is 44.8 Å². The van der Waals surface area contributed by atoms with Crippen LogP contribution in [0.5, 0.6) is 5.75 Å². The van der Waals surface area contributed by atoms with E-state index < -0.39 is 5.60 Å². The Morgan fingerprint density at radius 3 is 2.52 bits per heavy atom. The van der Waals surface area contributed by atoms with Gasteiger partial charge in [0.05, 0.1) is 18.3 Å². The van der Waals surface area contributed by atoms with E-state index in [0.717, 1.165) is 41.8 Å². The molecule has 1 heterocycles. The third-order valence-electron chi connectivity index (χ3n) is 4.73. The molecule has 138 valence electrons. The SMILES string of the molecule is COc1cc(N)c(Br)cc1N1CCN(C(=O)OC(C)(C)C)C2(CC2)C1. The Morgan fingerprint density at radius 2 is 1.96 bits per heavy atom. The van der Waals surface area contributed by atoms with Crippen molar-refractivity contribution in [3.05, 3.63) is 16.6 Å². The highest BCUT2D eigenvalue weighted by Gasteiger charge is 2.54. The maximum absolute atomic E-state index is 12.6. The molecular formula is C18H26BrN3O3. The Balaban J connectivity index is 1.80. The van der Waals surface area contributed by atoms with Gasteiger partial charge < -0.3 is 20.1 Å². The molecule has 2 aliphatic rings. The summed E-state index contributed by atoms with van der Waals surface area (Å²) in [5.74, 6) is 0.752. The van der Waals surface area contributed by atoms with Crippen LogP contribution < -0.4 is 15.4 Å². The van der Waals surface area contributed by atoms with Gasteiger partial charge in [0.25, 0.3) is 0 Å². The highest BCUT2D eigenvalue weighted by atomic mass is 79.9. The molecule has 1 amide bonds. The Morgan fingerprint density at radius 1 is 1.28 bits per heavy atom. The molecule has 7 heteroatoms. The summed E-state index contributed by atoms with van der Waals surface area (Å²) < 4.78 is 12.0. The molecule has 6 nitrogen and oxygen atoms in total. The van der Waals surface area contributed by atoms with Gasteiger partial charge in [-0.3, -0.25) is 4.90 Å². The molecule has 1 saturated heterocycles. The first-order chi connectivity index (χ1) is 11.6. The van der Waals surface area contributed by atoms with Crippen LogP contribution >= 0.6 is 15.9 Å². The summed E-state index contributed by atoms with van der Waals surface area (Å²) in [6.07, 6.45) is 1.79. The normalized spacial score (nSPS) is 19.1. The number of nitrogens with two attached hydrogens (primary N) is 1. The number of ether oxygens (including phenoxy) is 2. The molecule has 0 atom stereocenters. The average molecular weight is 412 g/mol. The second-order valence-corrected chi connectivity index (χ2v) is 8.68. The quantitative estimate of drug-likeness (QED) is 0.752. The first-order valence-electron chi connectivity index (χ1n) is 8.54. The van der Waals surface area contributed by atoms with Crippen molar-refractivity contribution in [1.29, 1.82) is 0 Å². The van der Waals surface area contributed by atoms with Crippen LogP contribution in [0.4, 0.5) is 16.2 Å². The van der Waals surface area contributed by atoms with E-state index in [4.69, 9.17) is 15.2 Å². The number of nitrogens with zero attached hydrogens (tertiary/aromatic N) is 2. The number of amides is 1. The number of hydrogen-bond acceptors (Lipinski definition) is 5. The van der Waals surface area contributed by atoms with E-state index in [1.54, 1.807) is 7.11 Å². The number of methoxy groups -OCH3 is 1. The van der Waals surface area contributed by atoms with Crippen LogP contribution in [0.15, 0.2) is 16.6 Å². The lowest BCUT2D eigenvalue weighted by molar-refractivity contribution is 0.0106. The molecule has 0 radical (unpaired) electrons. The third kappa shape index (κ3) is 3.66. The molecular weight excluding hydrogens is 386 g/mol. The summed E-state index contributed by atoms with van der Waals surface area (Å²) >= 11 is 3.50. The van der Waals surface area contributed by atoms with E-state index in [0.29, 0.717) is 12.2 Å². The van der Waals surface area contributed by atoms with Gasteiger partial charge in [0, 0.05) is 35.9 Å². The third-order valence-corrected chi connectivity index (χ3v) is 5.42. The summed E-state index contributed by atoms with van der Waals surface area (Å²) in [5.41, 5.74) is 7.01. The number of piperazine rings is 1. The van der Waals surface area contributed by atoms with E-state index in [1.165, 1.54) is 0 Å². The lowest BCUT2D eigenvalue weighted by atomic mass is 10.1. The van der Waals surface area contributed by atoms with Crippen molar-refractivity contribution < 1.29 is 14.3 Å². The maximum atomic E-state index is 12.6. The molecule has 1 aliphatic heterocycles. The van der Waals surface area contributed by atoms with Gasteiger partial charge in [0.1, 0.15) is 11.4 Å². The minimum Gasteiger partial charge on any atom is -0.495 e. The first kappa shape index (κ1) is 18.2. The zero-order valence-electron chi connectivity index (χ0n) is 15.3. The number of carbonyl (C=O) groups is 1. The van der Waals surface area contributed by atoms with E-state index >= 15 is 0 Å². The summed E-state index contributed by atoms with van der Waals surface area (Å²) in [5, 5.41) is 0. The monoisotopic (exact) mass is 411 g/mol. The summed E-state index contributed by atoms with van der Waals surface area (Å²) in [7, 11) is 1.65. The summed E-state index contributed by atoms with van der Waals surface area (Å²) in [4.78, 5) is 16.8. The van der Waals surface area contributed by atoms with Crippen molar-refractivity contribution >= 4 is 33.4 Å². The number of benzene rings is 1. The zero-order chi connectivity index (χ0) is 18.4. The Bertz CT molecular complexity index is 683. The van der Waals surface area contributed by atoms with Gasteiger partial charge in [-0.2, -0.15) is 0 Å². The van der Waals surface area contributed by atoms with Crippen molar-refractivity contribution in [1.82, 2.24) is 4.90 Å². The summed E-state index contributed by atoms with van der Waals surface area (Å²) in [6.45, 7) is 7.85. The average Bonchev–Trinajstić information content (AvgIpc) is 3.27. The molecule has 0 aromatic heterocycles. The minimum absolute atomic E-state index is 0.126. The standard InChI is InChI=1S/C18H26BrN3O3/c1-17(2,3)25-16(23)22-8-7-21(11-18(22)5-6-18)14-9-12(19)13(20)10-15(14)24-4/h9-10H,5-8,11,20H2,1-4H3. The number of halogens is 1. The van der Waals surface area contributed by atoms with Crippen LogP contribution in [-0.4, -0.2) is 48.9 Å². The molecule has 2 fully saturated rings. The van der Waals surface area contributed by atoms with Crippen LogP contribution in [0.1, 0.15) is 33.6 Å². The van der Waals surface area contributed by atoms with Gasteiger partial charge in [-0.25, -0.2) is 4.79 Å². The van der Waals surface area contributed by atoms with Crippen LogP contribution in [0.2, 0.25) is 0 Å². The number of carbonyl (C=O) groups excluding carboxylic acids is 1. The van der Waals surface area contributed by atoms with Gasteiger partial charge in [0.15, 0.2) is 0 Å². The molecule has 0 unspecified atom stereocenters. The maximum Gasteiger partial charge on any atom is 0.410 e. The van der Waals surface area contributed by atoms with Crippen LogP contribution in [0, 0.1) is 0 Å². The highest BCUT2D eigenvalue weighted by Crippen LogP contribution is 2.47. The fourth-order valence-corrected chi connectivity index (χ4v) is 3.66. The topological polar surface area (TPSA) is 68.0 Å². The molecule has 1 aromatic carbocycles. The van der Waals surface area contributed by atoms with Gasteiger partial charge in [-0.15, -0.1) is 0 Å². The van der Waals surface area contributed by atoms with E-state index in [9.17, 15) is 4.79 Å².